The van der Waals surface area contributed by atoms with Gasteiger partial charge in [0.05, 0.1) is 11.9 Å². The van der Waals surface area contributed by atoms with E-state index in [1.54, 1.807) is 24.5 Å². The molecule has 3 rings (SSSR count). The summed E-state index contributed by atoms with van der Waals surface area (Å²) in [5.41, 5.74) is 4.06. The quantitative estimate of drug-likeness (QED) is 0.498. The number of hydrogen-bond donors (Lipinski definition) is 3. The van der Waals surface area contributed by atoms with Crippen LogP contribution in [0.15, 0.2) is 41.3 Å². The smallest absolute Gasteiger partial charge is 0.180 e. The van der Waals surface area contributed by atoms with Crippen LogP contribution >= 0.6 is 27.5 Å². The van der Waals surface area contributed by atoms with Crippen LogP contribution in [-0.4, -0.2) is 14.4 Å². The molecule has 0 radical (unpaired) electrons. The Hall–Kier alpha value is -1.83. The number of nitrogen functional groups attached to an aromatic ring is 1. The molecule has 0 amide bonds. The lowest BCUT2D eigenvalue weighted by Gasteiger charge is -2.10. The zero-order valence-corrected chi connectivity index (χ0v) is 12.5. The third kappa shape index (κ3) is 2.43. The third-order valence-electron chi connectivity index (χ3n) is 2.71. The number of imidazole rings is 1. The fraction of sp³-hybridized carbons (Fsp3) is 0. The summed E-state index contributed by atoms with van der Waals surface area (Å²) in [7, 11) is 0. The Labute approximate surface area is 128 Å². The van der Waals surface area contributed by atoms with Crippen molar-refractivity contribution in [3.63, 3.8) is 0 Å². The van der Waals surface area contributed by atoms with Crippen molar-refractivity contribution in [3.05, 3.63) is 46.3 Å². The summed E-state index contributed by atoms with van der Waals surface area (Å²) in [5, 5.41) is 3.86. The van der Waals surface area contributed by atoms with Crippen LogP contribution in [0.1, 0.15) is 0 Å². The largest absolute Gasteiger partial charge is 0.336 e. The number of benzene rings is 1. The second-order valence-corrected chi connectivity index (χ2v) is 5.32. The first-order valence-corrected chi connectivity index (χ1v) is 6.87. The van der Waals surface area contributed by atoms with E-state index in [0.29, 0.717) is 22.3 Å². The predicted octanol–water partition coefficient (Wildman–Crippen LogP) is 3.17. The van der Waals surface area contributed by atoms with E-state index in [-0.39, 0.29) is 0 Å². The summed E-state index contributed by atoms with van der Waals surface area (Å²) in [6.07, 6.45) is 5.27. The van der Waals surface area contributed by atoms with Crippen LogP contribution in [0, 0.1) is 0 Å². The van der Waals surface area contributed by atoms with Gasteiger partial charge in [-0.05, 0) is 34.1 Å². The maximum atomic E-state index is 5.93. The molecule has 2 aromatic heterocycles. The summed E-state index contributed by atoms with van der Waals surface area (Å²) < 4.78 is 2.66. The van der Waals surface area contributed by atoms with Gasteiger partial charge < -0.3 is 15.1 Å². The zero-order chi connectivity index (χ0) is 14.1. The number of hydrogen-bond acceptors (Lipinski definition) is 5. The standard InChI is InChI=1S/C12H10BrClN6/c13-8-5-7(14)1-2-9(8)17-11-12-16-3-4-20(12)6-10(18-11)19-15/h1-6,19H,15H2,(H,17,18). The lowest BCUT2D eigenvalue weighted by atomic mass is 10.3. The van der Waals surface area contributed by atoms with Crippen molar-refractivity contribution in [2.45, 2.75) is 0 Å². The molecule has 0 atom stereocenters. The zero-order valence-electron chi connectivity index (χ0n) is 10.1. The van der Waals surface area contributed by atoms with Gasteiger partial charge in [-0.3, -0.25) is 0 Å². The molecule has 1 aromatic carbocycles. The molecule has 4 N–H and O–H groups in total. The van der Waals surface area contributed by atoms with E-state index in [2.05, 4.69) is 36.6 Å². The van der Waals surface area contributed by atoms with Crippen molar-refractivity contribution >= 4 is 50.5 Å². The second kappa shape index (κ2) is 5.28. The lowest BCUT2D eigenvalue weighted by Crippen LogP contribution is -2.11. The molecule has 0 saturated heterocycles. The van der Waals surface area contributed by atoms with Crippen LogP contribution in [0.5, 0.6) is 0 Å². The SMILES string of the molecule is NNc1cn2ccnc2c(Nc2ccc(Cl)cc2Br)n1. The third-order valence-corrected chi connectivity index (χ3v) is 3.60. The summed E-state index contributed by atoms with van der Waals surface area (Å²) >= 11 is 9.38. The van der Waals surface area contributed by atoms with Gasteiger partial charge in [0, 0.05) is 21.9 Å². The number of aromatic nitrogens is 3. The minimum Gasteiger partial charge on any atom is -0.336 e. The molecule has 0 unspecified atom stereocenters. The van der Waals surface area contributed by atoms with Crippen molar-refractivity contribution < 1.29 is 0 Å². The van der Waals surface area contributed by atoms with E-state index in [0.717, 1.165) is 10.2 Å². The van der Waals surface area contributed by atoms with Crippen molar-refractivity contribution in [1.29, 1.82) is 0 Å². The van der Waals surface area contributed by atoms with Gasteiger partial charge in [0.2, 0.25) is 0 Å². The molecule has 0 aliphatic rings. The van der Waals surface area contributed by atoms with Gasteiger partial charge in [0.25, 0.3) is 0 Å². The second-order valence-electron chi connectivity index (χ2n) is 4.03. The van der Waals surface area contributed by atoms with Gasteiger partial charge in [0.15, 0.2) is 17.3 Å². The highest BCUT2D eigenvalue weighted by atomic mass is 79.9. The Morgan fingerprint density at radius 1 is 1.35 bits per heavy atom. The van der Waals surface area contributed by atoms with E-state index < -0.39 is 0 Å². The van der Waals surface area contributed by atoms with E-state index in [1.165, 1.54) is 0 Å². The summed E-state index contributed by atoms with van der Waals surface area (Å²) in [6.45, 7) is 0. The summed E-state index contributed by atoms with van der Waals surface area (Å²) in [4.78, 5) is 8.63. The fourth-order valence-corrected chi connectivity index (χ4v) is 2.59. The predicted molar refractivity (Wildman–Crippen MR) is 83.2 cm³/mol. The Balaban J connectivity index is 2.07. The van der Waals surface area contributed by atoms with Gasteiger partial charge in [-0.2, -0.15) is 0 Å². The van der Waals surface area contributed by atoms with Crippen molar-refractivity contribution in [3.8, 4) is 0 Å². The number of nitrogens with two attached hydrogens (primary N) is 1. The Bertz CT molecular complexity index is 772. The topological polar surface area (TPSA) is 80.3 Å². The maximum Gasteiger partial charge on any atom is 0.180 e. The average molecular weight is 354 g/mol. The van der Waals surface area contributed by atoms with Crippen molar-refractivity contribution in [2.24, 2.45) is 5.84 Å². The monoisotopic (exact) mass is 352 g/mol. The van der Waals surface area contributed by atoms with Crippen molar-refractivity contribution in [1.82, 2.24) is 14.4 Å². The molecule has 0 fully saturated rings. The van der Waals surface area contributed by atoms with E-state index in [4.69, 9.17) is 17.4 Å². The van der Waals surface area contributed by atoms with Crippen LogP contribution < -0.4 is 16.6 Å². The molecule has 0 aliphatic carbocycles. The highest BCUT2D eigenvalue weighted by Crippen LogP contribution is 2.29. The molecule has 3 aromatic rings. The fourth-order valence-electron chi connectivity index (χ4n) is 1.80. The molecule has 8 heteroatoms. The number of halogens is 2. The molecule has 0 bridgehead atoms. The average Bonchev–Trinajstić information content (AvgIpc) is 2.90. The molecule has 2 heterocycles. The summed E-state index contributed by atoms with van der Waals surface area (Å²) in [6, 6.07) is 5.45. The lowest BCUT2D eigenvalue weighted by molar-refractivity contribution is 1.11. The first-order valence-electron chi connectivity index (χ1n) is 5.70. The molecule has 0 aliphatic heterocycles. The molecule has 102 valence electrons. The van der Waals surface area contributed by atoms with Crippen molar-refractivity contribution in [2.75, 3.05) is 10.7 Å². The molecule has 20 heavy (non-hydrogen) atoms. The van der Waals surface area contributed by atoms with E-state index in [9.17, 15) is 0 Å². The Morgan fingerprint density at radius 3 is 2.95 bits per heavy atom. The first-order chi connectivity index (χ1) is 9.67. The molecular formula is C12H10BrClN6. The highest BCUT2D eigenvalue weighted by Gasteiger charge is 2.09. The molecule has 6 nitrogen and oxygen atoms in total. The van der Waals surface area contributed by atoms with Crippen LogP contribution in [0.2, 0.25) is 5.02 Å². The number of anilines is 3. The first kappa shape index (κ1) is 13.2. The Kier molecular flexibility index (Phi) is 3.47. The van der Waals surface area contributed by atoms with Gasteiger partial charge in [0.1, 0.15) is 0 Å². The number of nitrogens with one attached hydrogen (secondary N) is 2. The number of rotatable bonds is 3. The normalized spacial score (nSPS) is 10.8. The van der Waals surface area contributed by atoms with E-state index in [1.807, 2.05) is 16.7 Å². The van der Waals surface area contributed by atoms with Gasteiger partial charge >= 0.3 is 0 Å². The maximum absolute atomic E-state index is 5.93. The minimum atomic E-state index is 0.531. The van der Waals surface area contributed by atoms with Gasteiger partial charge in [-0.25, -0.2) is 15.8 Å². The van der Waals surface area contributed by atoms with E-state index >= 15 is 0 Å². The molecule has 0 spiro atoms. The molecule has 0 saturated carbocycles. The van der Waals surface area contributed by atoms with Gasteiger partial charge in [-0.1, -0.05) is 11.6 Å². The number of hydrazine groups is 1. The van der Waals surface area contributed by atoms with Crippen LogP contribution in [0.3, 0.4) is 0 Å². The summed E-state index contributed by atoms with van der Waals surface area (Å²) in [5.74, 6) is 6.54. The number of fused-ring (bicyclic) bond motifs is 1. The minimum absolute atomic E-state index is 0.531. The molecular weight excluding hydrogens is 344 g/mol. The Morgan fingerprint density at radius 2 is 2.20 bits per heavy atom. The number of nitrogens with zero attached hydrogens (tertiary/aromatic N) is 3. The van der Waals surface area contributed by atoms with Crippen LogP contribution in [-0.2, 0) is 0 Å². The van der Waals surface area contributed by atoms with Crippen LogP contribution in [0.25, 0.3) is 5.65 Å². The van der Waals surface area contributed by atoms with Gasteiger partial charge in [-0.15, -0.1) is 0 Å². The van der Waals surface area contributed by atoms with Crippen LogP contribution in [0.4, 0.5) is 17.3 Å². The highest BCUT2D eigenvalue weighted by molar-refractivity contribution is 9.10.